The minimum atomic E-state index is -0.222. The summed E-state index contributed by atoms with van der Waals surface area (Å²) < 4.78 is 0. The lowest BCUT2D eigenvalue weighted by Gasteiger charge is -2.37. The summed E-state index contributed by atoms with van der Waals surface area (Å²) in [4.78, 5) is 46.5. The third kappa shape index (κ3) is 6.22. The van der Waals surface area contributed by atoms with Crippen LogP contribution in [0.3, 0.4) is 0 Å². The number of nitrogens with zero attached hydrogens (tertiary/aromatic N) is 3. The first-order chi connectivity index (χ1) is 16.5. The second-order valence-corrected chi connectivity index (χ2v) is 9.47. The van der Waals surface area contributed by atoms with E-state index in [2.05, 4.69) is 10.3 Å². The van der Waals surface area contributed by atoms with E-state index >= 15 is 0 Å². The topological polar surface area (TPSA) is 82.6 Å². The fourth-order valence-corrected chi connectivity index (χ4v) is 4.85. The standard InChI is InChI=1S/C27H34N4O3/c1-20-9-11-24(28-18-20)29-26(33)23-8-5-15-31(19-23)27(34)22-13-16-30(17-14-22)25(32)12-10-21-6-3-2-4-7-21/h2-4,6-7,9,11,18,22-23H,5,8,10,12-17,19H2,1H3,(H,28,29,33). The Labute approximate surface area is 201 Å². The molecule has 1 N–H and O–H groups in total. The van der Waals surface area contributed by atoms with Gasteiger partial charge in [-0.05, 0) is 56.2 Å². The van der Waals surface area contributed by atoms with Crippen LogP contribution < -0.4 is 5.32 Å². The fourth-order valence-electron chi connectivity index (χ4n) is 4.85. The molecule has 0 bridgehead atoms. The number of likely N-dealkylation sites (tertiary alicyclic amines) is 2. The van der Waals surface area contributed by atoms with E-state index in [9.17, 15) is 14.4 Å². The number of rotatable bonds is 6. The van der Waals surface area contributed by atoms with Gasteiger partial charge in [0.15, 0.2) is 0 Å². The highest BCUT2D eigenvalue weighted by atomic mass is 16.2. The summed E-state index contributed by atoms with van der Waals surface area (Å²) in [6.45, 7) is 4.35. The number of piperidine rings is 2. The van der Waals surface area contributed by atoms with Crippen molar-refractivity contribution >= 4 is 23.5 Å². The lowest BCUT2D eigenvalue weighted by molar-refractivity contribution is -0.142. The molecule has 7 heteroatoms. The predicted octanol–water partition coefficient (Wildman–Crippen LogP) is 3.44. The fraction of sp³-hybridized carbons (Fsp3) is 0.481. The molecule has 2 saturated heterocycles. The molecule has 2 fully saturated rings. The van der Waals surface area contributed by atoms with Crippen LogP contribution in [0.2, 0.25) is 0 Å². The second kappa shape index (κ2) is 11.3. The lowest BCUT2D eigenvalue weighted by Crippen LogP contribution is -2.48. The molecule has 0 saturated carbocycles. The SMILES string of the molecule is Cc1ccc(NC(=O)C2CCCN(C(=O)C3CCN(C(=O)CCc4ccccc4)CC3)C2)nc1. The van der Waals surface area contributed by atoms with Crippen LogP contribution in [0.25, 0.3) is 0 Å². The van der Waals surface area contributed by atoms with Gasteiger partial charge in [0, 0.05) is 44.7 Å². The summed E-state index contributed by atoms with van der Waals surface area (Å²) in [6.07, 6.45) is 5.95. The summed E-state index contributed by atoms with van der Waals surface area (Å²) in [5.41, 5.74) is 2.21. The van der Waals surface area contributed by atoms with Crippen LogP contribution in [0.1, 0.15) is 43.2 Å². The molecule has 2 aliphatic heterocycles. The molecular weight excluding hydrogens is 428 g/mol. The van der Waals surface area contributed by atoms with Crippen LogP contribution in [0, 0.1) is 18.8 Å². The number of nitrogens with one attached hydrogen (secondary N) is 1. The van der Waals surface area contributed by atoms with Gasteiger partial charge in [-0.2, -0.15) is 0 Å². The summed E-state index contributed by atoms with van der Waals surface area (Å²) in [7, 11) is 0. The van der Waals surface area contributed by atoms with Crippen molar-refractivity contribution in [1.82, 2.24) is 14.8 Å². The Morgan fingerprint density at radius 3 is 2.41 bits per heavy atom. The molecule has 0 aliphatic carbocycles. The second-order valence-electron chi connectivity index (χ2n) is 9.47. The van der Waals surface area contributed by atoms with Gasteiger partial charge in [0.2, 0.25) is 17.7 Å². The van der Waals surface area contributed by atoms with Gasteiger partial charge in [-0.3, -0.25) is 14.4 Å². The van der Waals surface area contributed by atoms with E-state index in [1.54, 1.807) is 12.3 Å². The van der Waals surface area contributed by atoms with E-state index in [1.165, 1.54) is 5.56 Å². The molecular formula is C27H34N4O3. The molecule has 1 aromatic heterocycles. The van der Waals surface area contributed by atoms with Crippen molar-refractivity contribution in [2.24, 2.45) is 11.8 Å². The first-order valence-corrected chi connectivity index (χ1v) is 12.3. The molecule has 7 nitrogen and oxygen atoms in total. The highest BCUT2D eigenvalue weighted by molar-refractivity contribution is 5.92. The van der Waals surface area contributed by atoms with Gasteiger partial charge in [-0.25, -0.2) is 4.98 Å². The Bertz CT molecular complexity index is 985. The van der Waals surface area contributed by atoms with Crippen LogP contribution >= 0.6 is 0 Å². The van der Waals surface area contributed by atoms with Crippen molar-refractivity contribution in [3.05, 3.63) is 59.8 Å². The molecule has 3 amide bonds. The molecule has 3 heterocycles. The van der Waals surface area contributed by atoms with Gasteiger partial charge < -0.3 is 15.1 Å². The van der Waals surface area contributed by atoms with E-state index in [4.69, 9.17) is 0 Å². The number of pyridine rings is 1. The number of carbonyl (C=O) groups excluding carboxylic acids is 3. The first kappa shape index (κ1) is 23.9. The van der Waals surface area contributed by atoms with Crippen molar-refractivity contribution in [3.63, 3.8) is 0 Å². The monoisotopic (exact) mass is 462 g/mol. The number of aryl methyl sites for hydroxylation is 2. The third-order valence-electron chi connectivity index (χ3n) is 6.93. The maximum atomic E-state index is 13.2. The normalized spacial score (nSPS) is 19.0. The van der Waals surface area contributed by atoms with Crippen LogP contribution in [0.15, 0.2) is 48.7 Å². The minimum Gasteiger partial charge on any atom is -0.343 e. The van der Waals surface area contributed by atoms with Gasteiger partial charge in [0.05, 0.1) is 5.92 Å². The summed E-state index contributed by atoms with van der Waals surface area (Å²) >= 11 is 0. The number of anilines is 1. The van der Waals surface area contributed by atoms with Crippen LogP contribution in [0.4, 0.5) is 5.82 Å². The number of hydrogen-bond acceptors (Lipinski definition) is 4. The Kier molecular flexibility index (Phi) is 7.93. The van der Waals surface area contributed by atoms with Crippen molar-refractivity contribution < 1.29 is 14.4 Å². The quantitative estimate of drug-likeness (QED) is 0.713. The lowest BCUT2D eigenvalue weighted by atomic mass is 9.91. The van der Waals surface area contributed by atoms with Gasteiger partial charge in [0.25, 0.3) is 0 Å². The van der Waals surface area contributed by atoms with Crippen molar-refractivity contribution in [2.45, 2.75) is 45.4 Å². The maximum absolute atomic E-state index is 13.2. The molecule has 0 radical (unpaired) electrons. The zero-order chi connectivity index (χ0) is 23.9. The smallest absolute Gasteiger partial charge is 0.230 e. The summed E-state index contributed by atoms with van der Waals surface area (Å²) in [5, 5.41) is 2.89. The van der Waals surface area contributed by atoms with Gasteiger partial charge in [-0.15, -0.1) is 0 Å². The van der Waals surface area contributed by atoms with Crippen LogP contribution in [-0.2, 0) is 20.8 Å². The molecule has 180 valence electrons. The molecule has 1 unspecified atom stereocenters. The average Bonchev–Trinajstić information content (AvgIpc) is 2.89. The zero-order valence-electron chi connectivity index (χ0n) is 19.9. The number of aromatic nitrogens is 1. The van der Waals surface area contributed by atoms with E-state index in [0.29, 0.717) is 51.3 Å². The number of carbonyl (C=O) groups is 3. The zero-order valence-corrected chi connectivity index (χ0v) is 19.9. The third-order valence-corrected chi connectivity index (χ3v) is 6.93. The van der Waals surface area contributed by atoms with Gasteiger partial charge >= 0.3 is 0 Å². The number of amides is 3. The van der Waals surface area contributed by atoms with E-state index < -0.39 is 0 Å². The molecule has 0 spiro atoms. The van der Waals surface area contributed by atoms with Crippen molar-refractivity contribution in [3.8, 4) is 0 Å². The van der Waals surface area contributed by atoms with E-state index in [0.717, 1.165) is 24.8 Å². The van der Waals surface area contributed by atoms with E-state index in [-0.39, 0.29) is 29.6 Å². The first-order valence-electron chi connectivity index (χ1n) is 12.3. The number of hydrogen-bond donors (Lipinski definition) is 1. The predicted molar refractivity (Wildman–Crippen MR) is 131 cm³/mol. The molecule has 34 heavy (non-hydrogen) atoms. The Morgan fingerprint density at radius 1 is 0.941 bits per heavy atom. The molecule has 1 atom stereocenters. The van der Waals surface area contributed by atoms with Crippen LogP contribution in [-0.4, -0.2) is 58.7 Å². The average molecular weight is 463 g/mol. The maximum Gasteiger partial charge on any atom is 0.230 e. The van der Waals surface area contributed by atoms with Crippen molar-refractivity contribution in [2.75, 3.05) is 31.5 Å². The van der Waals surface area contributed by atoms with Gasteiger partial charge in [0.1, 0.15) is 5.82 Å². The molecule has 2 aromatic rings. The Hall–Kier alpha value is -3.22. The number of benzene rings is 1. The summed E-state index contributed by atoms with van der Waals surface area (Å²) in [6, 6.07) is 13.8. The van der Waals surface area contributed by atoms with E-state index in [1.807, 2.05) is 53.1 Å². The molecule has 2 aliphatic rings. The van der Waals surface area contributed by atoms with Crippen LogP contribution in [0.5, 0.6) is 0 Å². The highest BCUT2D eigenvalue weighted by Gasteiger charge is 2.34. The largest absolute Gasteiger partial charge is 0.343 e. The van der Waals surface area contributed by atoms with Crippen molar-refractivity contribution in [1.29, 1.82) is 0 Å². The molecule has 4 rings (SSSR count). The minimum absolute atomic E-state index is 0.0706. The Balaban J connectivity index is 1.23. The molecule has 1 aromatic carbocycles. The Morgan fingerprint density at radius 2 is 1.71 bits per heavy atom. The highest BCUT2D eigenvalue weighted by Crippen LogP contribution is 2.25. The van der Waals surface area contributed by atoms with Gasteiger partial charge in [-0.1, -0.05) is 36.4 Å². The summed E-state index contributed by atoms with van der Waals surface area (Å²) in [5.74, 6) is 0.465.